The van der Waals surface area contributed by atoms with E-state index >= 15 is 0 Å². The van der Waals surface area contributed by atoms with E-state index in [-0.39, 0.29) is 0 Å². The van der Waals surface area contributed by atoms with Crippen molar-refractivity contribution in [1.29, 1.82) is 0 Å². The Morgan fingerprint density at radius 1 is 0.871 bits per heavy atom. The fourth-order valence-corrected chi connectivity index (χ4v) is 4.43. The molecule has 0 radical (unpaired) electrons. The highest BCUT2D eigenvalue weighted by molar-refractivity contribution is 5.69. The molecule has 1 aromatic heterocycles. The molecule has 0 aliphatic carbocycles. The summed E-state index contributed by atoms with van der Waals surface area (Å²) >= 11 is 0. The zero-order valence-corrected chi connectivity index (χ0v) is 19.8. The second kappa shape index (κ2) is 11.7. The Labute approximate surface area is 189 Å². The van der Waals surface area contributed by atoms with Crippen molar-refractivity contribution in [2.24, 2.45) is 7.05 Å². The van der Waals surface area contributed by atoms with Gasteiger partial charge in [0.2, 0.25) is 0 Å². The predicted molar refractivity (Wildman–Crippen MR) is 134 cm³/mol. The summed E-state index contributed by atoms with van der Waals surface area (Å²) in [5, 5.41) is 4.29. The van der Waals surface area contributed by atoms with E-state index < -0.39 is 0 Å². The number of likely N-dealkylation sites (N-methyl/N-ethyl adjacent to an activating group) is 1. The van der Waals surface area contributed by atoms with Gasteiger partial charge in [-0.3, -0.25) is 4.68 Å². The van der Waals surface area contributed by atoms with Gasteiger partial charge in [-0.1, -0.05) is 88.8 Å². The highest BCUT2D eigenvalue weighted by Crippen LogP contribution is 2.36. The fraction of sp³-hybridized carbons (Fsp3) is 0.464. The summed E-state index contributed by atoms with van der Waals surface area (Å²) in [6.45, 7) is 5.58. The van der Waals surface area contributed by atoms with Crippen LogP contribution in [-0.2, 0) is 13.5 Å². The Hall–Kier alpha value is -2.55. The lowest BCUT2D eigenvalue weighted by atomic mass is 9.86. The van der Waals surface area contributed by atoms with E-state index in [1.165, 1.54) is 66.5 Å². The molecule has 3 heteroatoms. The third-order valence-electron chi connectivity index (χ3n) is 6.22. The molecule has 0 amide bonds. The highest BCUT2D eigenvalue weighted by atomic mass is 15.2. The largest absolute Gasteiger partial charge is 0.374 e. The lowest BCUT2D eigenvalue weighted by Crippen LogP contribution is -2.30. The Morgan fingerprint density at radius 3 is 2.19 bits per heavy atom. The zero-order valence-electron chi connectivity index (χ0n) is 19.8. The van der Waals surface area contributed by atoms with Crippen molar-refractivity contribution >= 4 is 5.69 Å². The van der Waals surface area contributed by atoms with Gasteiger partial charge < -0.3 is 4.90 Å². The zero-order chi connectivity index (χ0) is 22.1. The minimum Gasteiger partial charge on any atom is -0.374 e. The number of benzene rings is 2. The van der Waals surface area contributed by atoms with Gasteiger partial charge in [0.25, 0.3) is 0 Å². The second-order valence-electron chi connectivity index (χ2n) is 8.85. The molecule has 0 bridgehead atoms. The summed E-state index contributed by atoms with van der Waals surface area (Å²) in [4.78, 5) is 2.38. The molecule has 0 saturated carbocycles. The van der Waals surface area contributed by atoms with Crippen molar-refractivity contribution in [2.75, 3.05) is 18.5 Å². The Kier molecular flexibility index (Phi) is 8.75. The first-order valence-electron chi connectivity index (χ1n) is 12.0. The van der Waals surface area contributed by atoms with E-state index in [1.54, 1.807) is 0 Å². The monoisotopic (exact) mass is 417 g/mol. The molecule has 2 aromatic carbocycles. The normalized spacial score (nSPS) is 15.2. The van der Waals surface area contributed by atoms with E-state index in [4.69, 9.17) is 0 Å². The summed E-state index contributed by atoms with van der Waals surface area (Å²) in [6.07, 6.45) is 13.6. The van der Waals surface area contributed by atoms with Crippen LogP contribution in [0.1, 0.15) is 69.4 Å². The number of anilines is 1. The molecule has 0 saturated heterocycles. The SMILES string of the molecule is CCCCCCCC.CN1C[C@H](c2ccccc2)Cc2cc(-c3cnn(C)c3)ccc21. The van der Waals surface area contributed by atoms with Crippen LogP contribution in [0.2, 0.25) is 0 Å². The van der Waals surface area contributed by atoms with Crippen LogP contribution in [0.25, 0.3) is 11.1 Å². The quantitative estimate of drug-likeness (QED) is 0.378. The van der Waals surface area contributed by atoms with Crippen LogP contribution in [0.4, 0.5) is 5.69 Å². The first kappa shape index (κ1) is 23.1. The summed E-state index contributed by atoms with van der Waals surface area (Å²) in [5.74, 6) is 0.554. The standard InChI is InChI=1S/C20H21N3.C8H18/c1-22-13-18(15-6-4-3-5-7-15)11-17-10-16(8-9-20(17)22)19-12-21-23(2)14-19;1-3-5-7-8-6-4-2/h3-10,12,14,18H,11,13H2,1-2H3;3-8H2,1-2H3/t18-;/m1./s1. The van der Waals surface area contributed by atoms with Gasteiger partial charge in [0.05, 0.1) is 6.20 Å². The maximum Gasteiger partial charge on any atom is 0.0568 e. The molecule has 3 nitrogen and oxygen atoms in total. The van der Waals surface area contributed by atoms with Crippen LogP contribution >= 0.6 is 0 Å². The van der Waals surface area contributed by atoms with E-state index in [0.717, 1.165) is 13.0 Å². The van der Waals surface area contributed by atoms with Crippen molar-refractivity contribution in [3.63, 3.8) is 0 Å². The predicted octanol–water partition coefficient (Wildman–Crippen LogP) is 7.23. The van der Waals surface area contributed by atoms with Gasteiger partial charge in [0.15, 0.2) is 0 Å². The number of unbranched alkanes of at least 4 members (excludes halogenated alkanes) is 5. The van der Waals surface area contributed by atoms with Crippen LogP contribution < -0.4 is 4.90 Å². The van der Waals surface area contributed by atoms with Crippen LogP contribution in [0.3, 0.4) is 0 Å². The van der Waals surface area contributed by atoms with Gasteiger partial charge in [-0.05, 0) is 35.2 Å². The van der Waals surface area contributed by atoms with Gasteiger partial charge in [0.1, 0.15) is 0 Å². The van der Waals surface area contributed by atoms with Gasteiger partial charge in [-0.2, -0.15) is 5.10 Å². The molecule has 1 atom stereocenters. The number of fused-ring (bicyclic) bond motifs is 1. The molecule has 0 unspecified atom stereocenters. The molecule has 3 aromatic rings. The van der Waals surface area contributed by atoms with Crippen molar-refractivity contribution < 1.29 is 0 Å². The number of hydrogen-bond donors (Lipinski definition) is 0. The molecular weight excluding hydrogens is 378 g/mol. The van der Waals surface area contributed by atoms with Crippen molar-refractivity contribution in [3.8, 4) is 11.1 Å². The Balaban J connectivity index is 0.000000293. The highest BCUT2D eigenvalue weighted by Gasteiger charge is 2.23. The average Bonchev–Trinajstić information content (AvgIpc) is 3.24. The minimum atomic E-state index is 0.554. The molecule has 1 aliphatic rings. The topological polar surface area (TPSA) is 21.1 Å². The van der Waals surface area contributed by atoms with Gasteiger partial charge in [-0.15, -0.1) is 0 Å². The second-order valence-corrected chi connectivity index (χ2v) is 8.85. The maximum absolute atomic E-state index is 4.29. The van der Waals surface area contributed by atoms with E-state index in [2.05, 4.69) is 85.6 Å². The van der Waals surface area contributed by atoms with Crippen LogP contribution in [-0.4, -0.2) is 23.4 Å². The molecular formula is C28H39N3. The Morgan fingerprint density at radius 2 is 1.58 bits per heavy atom. The van der Waals surface area contributed by atoms with Gasteiger partial charge >= 0.3 is 0 Å². The third kappa shape index (κ3) is 6.46. The molecule has 2 heterocycles. The average molecular weight is 418 g/mol. The summed E-state index contributed by atoms with van der Waals surface area (Å²) < 4.78 is 1.85. The Bertz CT molecular complexity index is 907. The number of nitrogens with zero attached hydrogens (tertiary/aromatic N) is 3. The van der Waals surface area contributed by atoms with Gasteiger partial charge in [-0.25, -0.2) is 0 Å². The first-order chi connectivity index (χ1) is 15.1. The summed E-state index contributed by atoms with van der Waals surface area (Å²) in [7, 11) is 4.15. The maximum atomic E-state index is 4.29. The van der Waals surface area contributed by atoms with Crippen LogP contribution in [0.15, 0.2) is 60.9 Å². The fourth-order valence-electron chi connectivity index (χ4n) is 4.43. The third-order valence-corrected chi connectivity index (χ3v) is 6.22. The van der Waals surface area contributed by atoms with Gasteiger partial charge in [0, 0.05) is 44.0 Å². The number of hydrogen-bond acceptors (Lipinski definition) is 2. The summed E-state index contributed by atoms with van der Waals surface area (Å²) in [5.41, 5.74) is 6.63. The van der Waals surface area contributed by atoms with Crippen molar-refractivity contribution in [1.82, 2.24) is 9.78 Å². The van der Waals surface area contributed by atoms with E-state index in [0.29, 0.717) is 5.92 Å². The lowest BCUT2D eigenvalue weighted by Gasteiger charge is -2.34. The lowest BCUT2D eigenvalue weighted by molar-refractivity contribution is 0.624. The van der Waals surface area contributed by atoms with E-state index in [1.807, 2.05) is 17.9 Å². The number of aromatic nitrogens is 2. The molecule has 1 aliphatic heterocycles. The van der Waals surface area contributed by atoms with Crippen LogP contribution in [0.5, 0.6) is 0 Å². The molecule has 4 rings (SSSR count). The number of aryl methyl sites for hydroxylation is 1. The smallest absolute Gasteiger partial charge is 0.0568 e. The van der Waals surface area contributed by atoms with Crippen molar-refractivity contribution in [3.05, 3.63) is 72.1 Å². The molecule has 0 fully saturated rings. The minimum absolute atomic E-state index is 0.554. The number of rotatable bonds is 7. The summed E-state index contributed by atoms with van der Waals surface area (Å²) in [6, 6.07) is 17.6. The first-order valence-corrected chi connectivity index (χ1v) is 12.0. The van der Waals surface area contributed by atoms with E-state index in [9.17, 15) is 0 Å². The molecule has 31 heavy (non-hydrogen) atoms. The van der Waals surface area contributed by atoms with Crippen LogP contribution in [0, 0.1) is 0 Å². The molecule has 166 valence electrons. The van der Waals surface area contributed by atoms with Crippen molar-refractivity contribution in [2.45, 2.75) is 64.7 Å². The molecule has 0 N–H and O–H groups in total. The molecule has 0 spiro atoms.